The Morgan fingerprint density at radius 3 is 0.880 bits per heavy atom. The summed E-state index contributed by atoms with van der Waals surface area (Å²) in [5, 5.41) is 1.07. The van der Waals surface area contributed by atoms with Crippen LogP contribution in [0, 0.1) is 83.1 Å². The summed E-state index contributed by atoms with van der Waals surface area (Å²) in [5.41, 5.74) is 21.9. The van der Waals surface area contributed by atoms with E-state index in [-0.39, 0.29) is 0 Å². The van der Waals surface area contributed by atoms with Crippen molar-refractivity contribution in [3.63, 3.8) is 0 Å². The van der Waals surface area contributed by atoms with E-state index >= 15 is 0 Å². The van der Waals surface area contributed by atoms with E-state index in [4.69, 9.17) is 8.85 Å². The first kappa shape index (κ1) is 36.7. The van der Waals surface area contributed by atoms with Crippen LogP contribution in [0.4, 0.5) is 0 Å². The van der Waals surface area contributed by atoms with Crippen LogP contribution >= 0.6 is 0 Å². The van der Waals surface area contributed by atoms with E-state index in [0.29, 0.717) is 0 Å². The Bertz CT molecular complexity index is 1790. The number of hydrogen-bond donors (Lipinski definition) is 0. The minimum absolute atomic E-state index is 1.07. The molecule has 0 fully saturated rings. The first-order chi connectivity index (χ1) is 23.6. The first-order valence-corrected chi connectivity index (χ1v) is 20.1. The van der Waals surface area contributed by atoms with Gasteiger partial charge in [-0.2, -0.15) is 0 Å². The van der Waals surface area contributed by atoms with Crippen molar-refractivity contribution in [3.8, 4) is 0 Å². The van der Waals surface area contributed by atoms with Crippen LogP contribution in [0.5, 0.6) is 0 Å². The maximum absolute atomic E-state index is 7.16. The zero-order chi connectivity index (χ0) is 36.5. The van der Waals surface area contributed by atoms with Crippen molar-refractivity contribution < 1.29 is 8.85 Å². The number of rotatable bonds is 9. The second-order valence-corrected chi connectivity index (χ2v) is 17.6. The van der Waals surface area contributed by atoms with Crippen molar-refractivity contribution in [1.29, 1.82) is 0 Å². The molecule has 0 atom stereocenters. The molecule has 5 rings (SSSR count). The van der Waals surface area contributed by atoms with Gasteiger partial charge in [0.25, 0.3) is 0 Å². The van der Waals surface area contributed by atoms with Gasteiger partial charge in [-0.3, -0.25) is 0 Å². The highest BCUT2D eigenvalue weighted by molar-refractivity contribution is 6.80. The minimum atomic E-state index is -3.12. The Hall–Kier alpha value is -4.60. The van der Waals surface area contributed by atoms with Gasteiger partial charge < -0.3 is 8.85 Å². The van der Waals surface area contributed by atoms with Crippen molar-refractivity contribution in [2.45, 2.75) is 89.6 Å². The van der Waals surface area contributed by atoms with E-state index in [0.717, 1.165) is 16.3 Å². The van der Waals surface area contributed by atoms with E-state index in [1.165, 1.54) is 89.0 Å². The molecule has 0 saturated heterocycles. The number of hydrogen-bond acceptors (Lipinski definition) is 2. The zero-order valence-corrected chi connectivity index (χ0v) is 33.5. The van der Waals surface area contributed by atoms with Gasteiger partial charge in [0.2, 0.25) is 0 Å². The Kier molecular flexibility index (Phi) is 10.8. The van der Waals surface area contributed by atoms with Gasteiger partial charge >= 0.3 is 8.56 Å². The van der Waals surface area contributed by atoms with Crippen LogP contribution in [0.2, 0.25) is 6.55 Å². The predicted octanol–water partition coefficient (Wildman–Crippen LogP) is 11.9. The summed E-state index contributed by atoms with van der Waals surface area (Å²) >= 11 is 0. The lowest BCUT2D eigenvalue weighted by atomic mass is 9.86. The van der Waals surface area contributed by atoms with Crippen LogP contribution in [0.1, 0.15) is 89.0 Å². The van der Waals surface area contributed by atoms with E-state index in [1.54, 1.807) is 0 Å². The third-order valence-corrected chi connectivity index (χ3v) is 12.4. The van der Waals surface area contributed by atoms with Gasteiger partial charge in [0.1, 0.15) is 0 Å². The van der Waals surface area contributed by atoms with Crippen LogP contribution in [0.3, 0.4) is 0 Å². The molecular weight excluding hydrogens is 625 g/mol. The fourth-order valence-corrected chi connectivity index (χ4v) is 9.96. The van der Waals surface area contributed by atoms with E-state index in [1.807, 2.05) is 12.5 Å². The lowest BCUT2D eigenvalue weighted by Crippen LogP contribution is -2.48. The van der Waals surface area contributed by atoms with Gasteiger partial charge in [-0.1, -0.05) is 101 Å². The Morgan fingerprint density at radius 1 is 0.400 bits per heavy atom. The van der Waals surface area contributed by atoms with Gasteiger partial charge in [-0.05, 0) is 150 Å². The summed E-state index contributed by atoms with van der Waals surface area (Å²) in [5.74, 6) is 0. The maximum Gasteiger partial charge on any atom is 0.491 e. The second kappa shape index (κ2) is 14.7. The van der Waals surface area contributed by atoms with Gasteiger partial charge in [-0.25, -0.2) is 0 Å². The highest BCUT2D eigenvalue weighted by Gasteiger charge is 2.38. The summed E-state index contributed by atoms with van der Waals surface area (Å²) < 4.78 is 14.3. The molecule has 0 aliphatic carbocycles. The summed E-state index contributed by atoms with van der Waals surface area (Å²) in [6.07, 6.45) is 4.01. The fraction of sp³-hybridized carbons (Fsp3) is 0.277. The van der Waals surface area contributed by atoms with Crippen LogP contribution in [0.25, 0.3) is 11.1 Å². The van der Waals surface area contributed by atoms with E-state index < -0.39 is 8.56 Å². The molecule has 0 aliphatic heterocycles. The maximum atomic E-state index is 7.16. The molecule has 0 bridgehead atoms. The molecule has 0 unspecified atom stereocenters. The van der Waals surface area contributed by atoms with Crippen LogP contribution < -0.4 is 5.19 Å². The third-order valence-electron chi connectivity index (χ3n) is 9.89. The Morgan fingerprint density at radius 2 is 0.640 bits per heavy atom. The highest BCUT2D eigenvalue weighted by Crippen LogP contribution is 2.37. The van der Waals surface area contributed by atoms with Gasteiger partial charge in [0.15, 0.2) is 0 Å². The highest BCUT2D eigenvalue weighted by atomic mass is 28.4. The average Bonchev–Trinajstić information content (AvgIpc) is 3.00. The molecule has 0 radical (unpaired) electrons. The average molecular weight is 679 g/mol. The van der Waals surface area contributed by atoms with Crippen LogP contribution in [-0.2, 0) is 8.85 Å². The second-order valence-electron chi connectivity index (χ2n) is 14.7. The van der Waals surface area contributed by atoms with Crippen molar-refractivity contribution in [3.05, 3.63) is 180 Å². The molecule has 0 amide bonds. The quantitative estimate of drug-likeness (QED) is 0.114. The fourth-order valence-electron chi connectivity index (χ4n) is 8.15. The Labute approximate surface area is 302 Å². The van der Waals surface area contributed by atoms with Crippen LogP contribution in [-0.4, -0.2) is 8.56 Å². The molecule has 5 aromatic carbocycles. The molecule has 0 aromatic heterocycles. The summed E-state index contributed by atoms with van der Waals surface area (Å²) in [7, 11) is -3.12. The van der Waals surface area contributed by atoms with Crippen molar-refractivity contribution in [2.75, 3.05) is 0 Å². The molecule has 3 heteroatoms. The summed E-state index contributed by atoms with van der Waals surface area (Å²) in [6, 6.07) is 28.7. The lowest BCUT2D eigenvalue weighted by molar-refractivity contribution is 0.330. The largest absolute Gasteiger partial charge is 0.515 e. The monoisotopic (exact) mass is 678 g/mol. The standard InChI is InChI=1S/C47H54O2Si/c1-29-19-33(5)44(34(6)20-29)42(45-35(7)21-30(2)22-36(45)8)27-48-50(13,41-17-15-14-16-18-41)49-28-43(46-37(9)23-31(3)24-38(46)10)47-39(11)25-32(4)26-40(47)12/h14-28H,1-13H3. The molecule has 0 N–H and O–H groups in total. The van der Waals surface area contributed by atoms with Crippen molar-refractivity contribution in [1.82, 2.24) is 0 Å². The molecule has 0 heterocycles. The molecule has 0 saturated carbocycles. The van der Waals surface area contributed by atoms with Gasteiger partial charge in [-0.15, -0.1) is 0 Å². The molecular formula is C47H54O2Si. The normalized spacial score (nSPS) is 11.3. The van der Waals surface area contributed by atoms with Crippen LogP contribution in [0.15, 0.2) is 91.4 Å². The number of benzene rings is 5. The summed E-state index contributed by atoms with van der Waals surface area (Å²) in [4.78, 5) is 0. The molecule has 0 aliphatic rings. The smallest absolute Gasteiger partial charge is 0.491 e. The molecule has 258 valence electrons. The summed E-state index contributed by atoms with van der Waals surface area (Å²) in [6.45, 7) is 28.5. The molecule has 2 nitrogen and oxygen atoms in total. The van der Waals surface area contributed by atoms with Crippen molar-refractivity contribution in [2.24, 2.45) is 0 Å². The van der Waals surface area contributed by atoms with E-state index in [2.05, 4.69) is 168 Å². The third kappa shape index (κ3) is 7.59. The Balaban J connectivity index is 1.75. The minimum Gasteiger partial charge on any atom is -0.515 e. The number of aryl methyl sites for hydroxylation is 12. The van der Waals surface area contributed by atoms with Gasteiger partial charge in [0, 0.05) is 22.9 Å². The topological polar surface area (TPSA) is 18.5 Å². The molecule has 50 heavy (non-hydrogen) atoms. The van der Waals surface area contributed by atoms with Crippen molar-refractivity contribution >= 4 is 24.9 Å². The molecule has 5 aromatic rings. The van der Waals surface area contributed by atoms with E-state index in [9.17, 15) is 0 Å². The lowest BCUT2D eigenvalue weighted by Gasteiger charge is -2.28. The molecule has 0 spiro atoms. The first-order valence-electron chi connectivity index (χ1n) is 17.7. The SMILES string of the molecule is Cc1cc(C)c(C(=CO[Si](C)(OC=C(c2c(C)cc(C)cc2C)c2c(C)cc(C)cc2C)c2ccccc2)c2c(C)cc(C)cc2C)c(C)c1. The predicted molar refractivity (Wildman–Crippen MR) is 217 cm³/mol. The van der Waals surface area contributed by atoms with Gasteiger partial charge in [0.05, 0.1) is 12.5 Å². The zero-order valence-electron chi connectivity index (χ0n) is 32.5.